The predicted molar refractivity (Wildman–Crippen MR) is 57.5 cm³/mol. The fourth-order valence-corrected chi connectivity index (χ4v) is 0. The van der Waals surface area contributed by atoms with Crippen molar-refractivity contribution < 1.29 is 0 Å². The Morgan fingerprint density at radius 1 is 0.200 bits per heavy atom. The minimum Gasteiger partial charge on any atom is 0 e. The standard InChI is InChI=1S/3Na.7Sb. The summed E-state index contributed by atoms with van der Waals surface area (Å²) in [6, 6.07) is 0. The molecule has 0 rings (SSSR count). The second-order valence-electron chi connectivity index (χ2n) is 0. The maximum absolute atomic E-state index is 0. The van der Waals surface area contributed by atoms with E-state index < -0.39 is 0 Å². The Bertz CT molecular complexity index is 8.81. The van der Waals surface area contributed by atoms with Crippen molar-refractivity contribution in [3.63, 3.8) is 0 Å². The molecule has 0 bridgehead atoms. The molecule has 10 heteroatoms. The molecule has 24 radical (unpaired) electrons. The third kappa shape index (κ3) is 54.3. The van der Waals surface area contributed by atoms with E-state index in [9.17, 15) is 0 Å². The van der Waals surface area contributed by atoms with Crippen molar-refractivity contribution in [1.82, 2.24) is 0 Å². The molecule has 10 heavy (non-hydrogen) atoms. The Balaban J connectivity index is 0. The molecule has 0 nitrogen and oxygen atoms in total. The summed E-state index contributed by atoms with van der Waals surface area (Å²) in [6.07, 6.45) is 0. The monoisotopic (exact) mass is 915 g/mol. The molecule has 0 aliphatic heterocycles. The molecule has 0 N–H and O–H groups in total. The van der Waals surface area contributed by atoms with Gasteiger partial charge in [0, 0.05) is 260 Å². The van der Waals surface area contributed by atoms with E-state index in [1.165, 1.54) is 0 Å². The van der Waals surface area contributed by atoms with Gasteiger partial charge in [-0.1, -0.05) is 0 Å². The fourth-order valence-electron chi connectivity index (χ4n) is 0. The molecule has 0 saturated carbocycles. The van der Waals surface area contributed by atoms with Gasteiger partial charge in [-0.25, -0.2) is 0 Å². The van der Waals surface area contributed by atoms with Crippen LogP contribution in [-0.2, 0) is 0 Å². The van der Waals surface area contributed by atoms with E-state index in [1.54, 1.807) is 0 Å². The van der Waals surface area contributed by atoms with Crippen molar-refractivity contribution in [2.45, 2.75) is 0 Å². The maximum atomic E-state index is 0. The predicted octanol–water partition coefficient (Wildman–Crippen LogP) is -3.81. The molecule has 0 aromatic carbocycles. The zero-order valence-electron chi connectivity index (χ0n) is 6.13. The Morgan fingerprint density at radius 3 is 0.200 bits per heavy atom. The van der Waals surface area contributed by atoms with Crippen LogP contribution >= 0.6 is 0 Å². The van der Waals surface area contributed by atoms with Crippen LogP contribution in [0.1, 0.15) is 0 Å². The molecule has 0 unspecified atom stereocenters. The Kier molecular flexibility index (Phi) is 503. The topological polar surface area (TPSA) is 0 Å². The van der Waals surface area contributed by atoms with E-state index in [0.29, 0.717) is 0 Å². The zero-order chi connectivity index (χ0) is 0. The van der Waals surface area contributed by atoms with Crippen molar-refractivity contribution in [3.05, 3.63) is 0 Å². The molecule has 0 aromatic heterocycles. The van der Waals surface area contributed by atoms with E-state index in [2.05, 4.69) is 0 Å². The van der Waals surface area contributed by atoms with Crippen LogP contribution in [0.2, 0.25) is 0 Å². The first-order valence-electron chi connectivity index (χ1n) is 0. The van der Waals surface area contributed by atoms with Crippen molar-refractivity contribution in [3.8, 4) is 0 Å². The van der Waals surface area contributed by atoms with E-state index in [-0.39, 0.29) is 260 Å². The summed E-state index contributed by atoms with van der Waals surface area (Å²) >= 11 is 0. The molecule has 0 fully saturated rings. The summed E-state index contributed by atoms with van der Waals surface area (Å²) in [5, 5.41) is 0. The first-order valence-corrected chi connectivity index (χ1v) is 0. The Hall–Kier alpha value is 8.73. The maximum Gasteiger partial charge on any atom is 0 e. The summed E-state index contributed by atoms with van der Waals surface area (Å²) in [4.78, 5) is 0. The average molecular weight is 921 g/mol. The Morgan fingerprint density at radius 2 is 0.200 bits per heavy atom. The number of hydrogen-bond acceptors (Lipinski definition) is 0. The molecule has 0 heterocycles. The molecule has 38 valence electrons. The molecule has 0 spiro atoms. The smallest absolute Gasteiger partial charge is 0 e. The molecular weight excluding hydrogens is 921 g/mol. The van der Waals surface area contributed by atoms with Gasteiger partial charge in [0.2, 0.25) is 0 Å². The zero-order valence-corrected chi connectivity index (χ0v) is 30.0. The number of rotatable bonds is 0. The molecule has 0 aliphatic rings. The first kappa shape index (κ1) is 77.3. The van der Waals surface area contributed by atoms with Gasteiger partial charge in [-0.2, -0.15) is 0 Å². The van der Waals surface area contributed by atoms with Crippen molar-refractivity contribution >= 4 is 260 Å². The summed E-state index contributed by atoms with van der Waals surface area (Å²) in [5.74, 6) is 0. The normalized spacial score (nSPS) is 0. The SMILES string of the molecule is [Na].[Na].[Na].[Sb].[Sb].[Sb].[Sb].[Sb].[Sb].[Sb]. The van der Waals surface area contributed by atoms with Gasteiger partial charge in [0.15, 0.2) is 0 Å². The third-order valence-electron chi connectivity index (χ3n) is 0. The summed E-state index contributed by atoms with van der Waals surface area (Å²) in [6.45, 7) is 0. The van der Waals surface area contributed by atoms with Gasteiger partial charge in [0.25, 0.3) is 0 Å². The second-order valence-corrected chi connectivity index (χ2v) is 0. The minimum absolute atomic E-state index is 0. The summed E-state index contributed by atoms with van der Waals surface area (Å²) < 4.78 is 0. The molecule has 0 atom stereocenters. The van der Waals surface area contributed by atoms with Gasteiger partial charge in [0.1, 0.15) is 0 Å². The Labute approximate surface area is 252 Å². The van der Waals surface area contributed by atoms with E-state index in [1.807, 2.05) is 0 Å². The van der Waals surface area contributed by atoms with Crippen LogP contribution in [0.3, 0.4) is 0 Å². The van der Waals surface area contributed by atoms with Gasteiger partial charge in [0.05, 0.1) is 0 Å². The summed E-state index contributed by atoms with van der Waals surface area (Å²) in [7, 11) is 0. The first-order chi connectivity index (χ1) is 0. The number of hydrogen-bond donors (Lipinski definition) is 0. The van der Waals surface area contributed by atoms with Crippen molar-refractivity contribution in [2.24, 2.45) is 0 Å². The van der Waals surface area contributed by atoms with E-state index in [4.69, 9.17) is 0 Å². The van der Waals surface area contributed by atoms with Gasteiger partial charge in [-0.05, 0) is 0 Å². The van der Waals surface area contributed by atoms with E-state index >= 15 is 0 Å². The van der Waals surface area contributed by atoms with Crippen LogP contribution in [-0.4, -0.2) is 260 Å². The van der Waals surface area contributed by atoms with Gasteiger partial charge >= 0.3 is 0 Å². The van der Waals surface area contributed by atoms with Crippen molar-refractivity contribution in [2.75, 3.05) is 0 Å². The van der Waals surface area contributed by atoms with Crippen LogP contribution in [0.4, 0.5) is 0 Å². The van der Waals surface area contributed by atoms with E-state index in [0.717, 1.165) is 0 Å². The minimum atomic E-state index is 0. The van der Waals surface area contributed by atoms with Crippen LogP contribution in [0.15, 0.2) is 0 Å². The van der Waals surface area contributed by atoms with Crippen LogP contribution in [0.5, 0.6) is 0 Å². The summed E-state index contributed by atoms with van der Waals surface area (Å²) in [5.41, 5.74) is 0. The van der Waals surface area contributed by atoms with Gasteiger partial charge in [-0.15, -0.1) is 0 Å². The second kappa shape index (κ2) is 65.1. The van der Waals surface area contributed by atoms with Crippen LogP contribution in [0, 0.1) is 0 Å². The molecule has 0 amide bonds. The molecule has 0 aromatic rings. The van der Waals surface area contributed by atoms with Crippen LogP contribution < -0.4 is 0 Å². The van der Waals surface area contributed by atoms with Gasteiger partial charge in [-0.3, -0.25) is 0 Å². The molecule has 0 aliphatic carbocycles. The molecular formula is Na3Sb7. The van der Waals surface area contributed by atoms with Crippen molar-refractivity contribution in [1.29, 1.82) is 0 Å². The quantitative estimate of drug-likeness (QED) is 0.219. The largest absolute Gasteiger partial charge is 0 e. The van der Waals surface area contributed by atoms with Gasteiger partial charge < -0.3 is 0 Å². The fraction of sp³-hybridized carbons (Fsp3) is 0. The average Bonchev–Trinajstić information content (AvgIpc) is 0. The van der Waals surface area contributed by atoms with Crippen LogP contribution in [0.25, 0.3) is 0 Å². The third-order valence-corrected chi connectivity index (χ3v) is 0. The molecule has 0 saturated heterocycles.